The maximum atomic E-state index is 6.67. The van der Waals surface area contributed by atoms with Crippen molar-refractivity contribution in [3.05, 3.63) is 204 Å². The van der Waals surface area contributed by atoms with E-state index in [1.54, 1.807) is 0 Å². The Morgan fingerprint density at radius 2 is 1.00 bits per heavy atom. The van der Waals surface area contributed by atoms with Crippen molar-refractivity contribution < 1.29 is 4.74 Å². The summed E-state index contributed by atoms with van der Waals surface area (Å²) in [6, 6.07) is 64.2. The molecule has 1 spiro atoms. The van der Waals surface area contributed by atoms with Gasteiger partial charge in [-0.15, -0.1) is 0 Å². The van der Waals surface area contributed by atoms with E-state index in [4.69, 9.17) is 19.7 Å². The van der Waals surface area contributed by atoms with Crippen LogP contribution in [0.1, 0.15) is 22.3 Å². The fourth-order valence-corrected chi connectivity index (χ4v) is 9.24. The minimum absolute atomic E-state index is 0.575. The molecule has 5 nitrogen and oxygen atoms in total. The van der Waals surface area contributed by atoms with Gasteiger partial charge in [0.1, 0.15) is 11.5 Å². The molecule has 0 saturated heterocycles. The lowest BCUT2D eigenvalue weighted by Gasteiger charge is -2.39. The van der Waals surface area contributed by atoms with E-state index < -0.39 is 5.41 Å². The molecular weight excluding hydrogens is 673 g/mol. The Hall–Kier alpha value is -7.37. The van der Waals surface area contributed by atoms with E-state index >= 15 is 0 Å². The summed E-state index contributed by atoms with van der Waals surface area (Å²) in [6.45, 7) is 0. The van der Waals surface area contributed by atoms with Crippen molar-refractivity contribution in [2.24, 2.45) is 0 Å². The Bertz CT molecular complexity index is 3080. The lowest BCUT2D eigenvalue weighted by Crippen LogP contribution is -2.32. The van der Waals surface area contributed by atoms with Gasteiger partial charge in [0.2, 0.25) is 5.95 Å². The molecule has 1 aliphatic carbocycles. The topological polar surface area (TPSA) is 52.8 Å². The van der Waals surface area contributed by atoms with E-state index in [1.165, 1.54) is 33.0 Å². The summed E-state index contributed by atoms with van der Waals surface area (Å²) in [5.41, 5.74) is 10.5. The number of aromatic nitrogens is 4. The molecule has 0 radical (unpaired) electrons. The minimum atomic E-state index is -0.606. The van der Waals surface area contributed by atoms with Gasteiger partial charge in [0.25, 0.3) is 0 Å². The Balaban J connectivity index is 1.23. The number of hydrogen-bond donors (Lipinski definition) is 0. The molecule has 2 aromatic heterocycles. The zero-order valence-electron chi connectivity index (χ0n) is 29.5. The highest BCUT2D eigenvalue weighted by molar-refractivity contribution is 6.14. The summed E-state index contributed by atoms with van der Waals surface area (Å²) in [7, 11) is 0. The Morgan fingerprint density at radius 3 is 1.69 bits per heavy atom. The van der Waals surface area contributed by atoms with Gasteiger partial charge in [0, 0.05) is 33.0 Å². The summed E-state index contributed by atoms with van der Waals surface area (Å²) in [6.07, 6.45) is 0. The van der Waals surface area contributed by atoms with E-state index in [2.05, 4.69) is 150 Å². The molecule has 0 fully saturated rings. The second-order valence-corrected chi connectivity index (χ2v) is 14.3. The van der Waals surface area contributed by atoms with Crippen molar-refractivity contribution in [3.8, 4) is 51.3 Å². The van der Waals surface area contributed by atoms with Crippen LogP contribution in [0.2, 0.25) is 0 Å². The lowest BCUT2D eigenvalue weighted by molar-refractivity contribution is 0.436. The zero-order chi connectivity index (χ0) is 36.1. The van der Waals surface area contributed by atoms with Crippen molar-refractivity contribution in [3.63, 3.8) is 0 Å². The van der Waals surface area contributed by atoms with Gasteiger partial charge >= 0.3 is 0 Å². The Labute approximate surface area is 316 Å². The summed E-state index contributed by atoms with van der Waals surface area (Å²) >= 11 is 0. The van der Waals surface area contributed by atoms with Crippen molar-refractivity contribution in [2.75, 3.05) is 0 Å². The van der Waals surface area contributed by atoms with Gasteiger partial charge in [-0.3, -0.25) is 4.57 Å². The minimum Gasteiger partial charge on any atom is -0.457 e. The van der Waals surface area contributed by atoms with Gasteiger partial charge in [0.05, 0.1) is 16.4 Å². The molecule has 0 N–H and O–H groups in total. The molecule has 256 valence electrons. The van der Waals surface area contributed by atoms with Gasteiger partial charge < -0.3 is 4.74 Å². The molecule has 3 heterocycles. The summed E-state index contributed by atoms with van der Waals surface area (Å²) in [5.74, 6) is 3.58. The predicted octanol–water partition coefficient (Wildman–Crippen LogP) is 11.9. The first-order valence-electron chi connectivity index (χ1n) is 18.6. The number of rotatable bonds is 3. The number of fused-ring (bicyclic) bond motifs is 14. The van der Waals surface area contributed by atoms with Crippen molar-refractivity contribution in [1.29, 1.82) is 0 Å². The summed E-state index contributed by atoms with van der Waals surface area (Å²) in [4.78, 5) is 15.5. The predicted molar refractivity (Wildman–Crippen MR) is 220 cm³/mol. The van der Waals surface area contributed by atoms with Crippen LogP contribution in [0.15, 0.2) is 182 Å². The van der Waals surface area contributed by atoms with Crippen LogP contribution in [-0.4, -0.2) is 19.5 Å². The van der Waals surface area contributed by atoms with Crippen LogP contribution in [0.3, 0.4) is 0 Å². The van der Waals surface area contributed by atoms with Gasteiger partial charge in [-0.1, -0.05) is 152 Å². The molecule has 0 atom stereocenters. The maximum absolute atomic E-state index is 6.67. The molecule has 8 aromatic carbocycles. The molecule has 0 saturated carbocycles. The number of para-hydroxylation sites is 3. The van der Waals surface area contributed by atoms with Crippen LogP contribution >= 0.6 is 0 Å². The average molecular weight is 703 g/mol. The maximum Gasteiger partial charge on any atom is 0.238 e. The van der Waals surface area contributed by atoms with Crippen LogP contribution in [0, 0.1) is 0 Å². The Morgan fingerprint density at radius 1 is 0.418 bits per heavy atom. The third-order valence-corrected chi connectivity index (χ3v) is 11.5. The molecule has 12 rings (SSSR count). The largest absolute Gasteiger partial charge is 0.457 e. The molecule has 0 amide bonds. The second kappa shape index (κ2) is 11.3. The highest BCUT2D eigenvalue weighted by atomic mass is 16.5. The van der Waals surface area contributed by atoms with Gasteiger partial charge in [-0.25, -0.2) is 4.98 Å². The third-order valence-electron chi connectivity index (χ3n) is 11.5. The molecular formula is C50H30N4O. The molecule has 5 heteroatoms. The van der Waals surface area contributed by atoms with Gasteiger partial charge in [0.15, 0.2) is 11.6 Å². The van der Waals surface area contributed by atoms with Crippen LogP contribution in [-0.2, 0) is 5.41 Å². The molecule has 2 aliphatic rings. The first kappa shape index (κ1) is 30.1. The lowest BCUT2D eigenvalue weighted by atomic mass is 9.66. The highest BCUT2D eigenvalue weighted by Gasteiger charge is 2.51. The SMILES string of the molecule is c1ccc(-c2nc(-c3ccccc3)nc(-n3c4ccccc4c4cc5c(cc43)-c3c(ccc4ccccc34)C53c4ccccc4Oc4ccccc43)n2)cc1. The van der Waals surface area contributed by atoms with Gasteiger partial charge in [-0.05, 0) is 63.4 Å². The first-order valence-corrected chi connectivity index (χ1v) is 18.6. The van der Waals surface area contributed by atoms with E-state index in [0.717, 1.165) is 55.6 Å². The van der Waals surface area contributed by atoms with Crippen molar-refractivity contribution >= 4 is 32.6 Å². The van der Waals surface area contributed by atoms with Gasteiger partial charge in [-0.2, -0.15) is 9.97 Å². The third kappa shape index (κ3) is 4.15. The van der Waals surface area contributed by atoms with Crippen LogP contribution < -0.4 is 4.74 Å². The van der Waals surface area contributed by atoms with E-state index in [0.29, 0.717) is 17.6 Å². The molecule has 10 aromatic rings. The van der Waals surface area contributed by atoms with E-state index in [1.807, 2.05) is 36.4 Å². The zero-order valence-corrected chi connectivity index (χ0v) is 29.5. The molecule has 1 aliphatic heterocycles. The first-order chi connectivity index (χ1) is 27.3. The molecule has 55 heavy (non-hydrogen) atoms. The fraction of sp³-hybridized carbons (Fsp3) is 0.0200. The standard InChI is InChI=1S/C50H30N4O/c1-3-16-32(17-4-1)47-51-48(33-18-5-2-6-19-33)53-49(52-47)54-42-24-12-9-21-35(42)36-29-41-37(30-43(36)54)46-34-20-8-7-15-31(34)27-28-40(46)50(41)38-22-10-13-25-44(38)55-45-26-14-11-23-39(45)50/h1-30H. The monoisotopic (exact) mass is 702 g/mol. The van der Waals surface area contributed by atoms with Crippen molar-refractivity contribution in [2.45, 2.75) is 5.41 Å². The second-order valence-electron chi connectivity index (χ2n) is 14.3. The van der Waals surface area contributed by atoms with Crippen LogP contribution in [0.5, 0.6) is 11.5 Å². The molecule has 0 bridgehead atoms. The highest BCUT2D eigenvalue weighted by Crippen LogP contribution is 2.63. The smallest absolute Gasteiger partial charge is 0.238 e. The fourth-order valence-electron chi connectivity index (χ4n) is 9.24. The number of nitrogens with zero attached hydrogens (tertiary/aromatic N) is 4. The number of ether oxygens (including phenoxy) is 1. The van der Waals surface area contributed by atoms with Crippen LogP contribution in [0.25, 0.3) is 72.4 Å². The summed E-state index contributed by atoms with van der Waals surface area (Å²) < 4.78 is 8.90. The average Bonchev–Trinajstić information content (AvgIpc) is 3.73. The quantitative estimate of drug-likeness (QED) is 0.184. The van der Waals surface area contributed by atoms with Crippen LogP contribution in [0.4, 0.5) is 0 Å². The Kier molecular flexibility index (Phi) is 6.20. The molecule has 0 unspecified atom stereocenters. The normalized spacial score (nSPS) is 13.4. The van der Waals surface area contributed by atoms with E-state index in [9.17, 15) is 0 Å². The number of hydrogen-bond acceptors (Lipinski definition) is 4. The van der Waals surface area contributed by atoms with E-state index in [-0.39, 0.29) is 0 Å². The summed E-state index contributed by atoms with van der Waals surface area (Å²) in [5, 5.41) is 4.69. The van der Waals surface area contributed by atoms with Crippen molar-refractivity contribution in [1.82, 2.24) is 19.5 Å². The number of benzene rings is 8.